The fourth-order valence-corrected chi connectivity index (χ4v) is 2.84. The van der Waals surface area contributed by atoms with E-state index in [1.807, 2.05) is 42.6 Å². The zero-order valence-corrected chi connectivity index (χ0v) is 15.2. The molecule has 0 saturated heterocycles. The monoisotopic (exact) mass is 351 g/mol. The summed E-state index contributed by atoms with van der Waals surface area (Å²) in [6.45, 7) is 1.91. The SMILES string of the molecule is CN(C)CCCNc1ccc(NC(=O)Cc2c[nH]c3ccccc23)cn1. The predicted molar refractivity (Wildman–Crippen MR) is 107 cm³/mol. The van der Waals surface area contributed by atoms with Gasteiger partial charge in [0.1, 0.15) is 5.82 Å². The maximum absolute atomic E-state index is 12.3. The van der Waals surface area contributed by atoms with E-state index >= 15 is 0 Å². The lowest BCUT2D eigenvalue weighted by Gasteiger charge is -2.10. The number of nitrogens with one attached hydrogen (secondary N) is 3. The van der Waals surface area contributed by atoms with Crippen molar-refractivity contribution in [3.05, 3.63) is 54.4 Å². The highest BCUT2D eigenvalue weighted by Crippen LogP contribution is 2.18. The largest absolute Gasteiger partial charge is 0.370 e. The summed E-state index contributed by atoms with van der Waals surface area (Å²) < 4.78 is 0. The fourth-order valence-electron chi connectivity index (χ4n) is 2.84. The summed E-state index contributed by atoms with van der Waals surface area (Å²) in [5.41, 5.74) is 2.74. The minimum Gasteiger partial charge on any atom is -0.370 e. The second-order valence-electron chi connectivity index (χ2n) is 6.60. The minimum absolute atomic E-state index is 0.0526. The first-order valence-corrected chi connectivity index (χ1v) is 8.81. The summed E-state index contributed by atoms with van der Waals surface area (Å²) in [6, 6.07) is 11.7. The van der Waals surface area contributed by atoms with Gasteiger partial charge in [0, 0.05) is 23.6 Å². The normalized spacial score (nSPS) is 11.0. The number of carbonyl (C=O) groups is 1. The van der Waals surface area contributed by atoms with Crippen LogP contribution in [0.1, 0.15) is 12.0 Å². The highest BCUT2D eigenvalue weighted by Gasteiger charge is 2.09. The van der Waals surface area contributed by atoms with Crippen molar-refractivity contribution in [2.24, 2.45) is 0 Å². The van der Waals surface area contributed by atoms with Crippen LogP contribution < -0.4 is 10.6 Å². The van der Waals surface area contributed by atoms with Crippen molar-refractivity contribution in [3.8, 4) is 0 Å². The number of fused-ring (bicyclic) bond motifs is 1. The van der Waals surface area contributed by atoms with Crippen molar-refractivity contribution >= 4 is 28.3 Å². The van der Waals surface area contributed by atoms with E-state index in [0.717, 1.165) is 41.8 Å². The Morgan fingerprint density at radius 1 is 1.19 bits per heavy atom. The van der Waals surface area contributed by atoms with Gasteiger partial charge in [0.2, 0.25) is 5.91 Å². The van der Waals surface area contributed by atoms with Crippen LogP contribution in [-0.2, 0) is 11.2 Å². The molecule has 0 fully saturated rings. The average molecular weight is 351 g/mol. The van der Waals surface area contributed by atoms with Gasteiger partial charge in [-0.05, 0) is 50.8 Å². The van der Waals surface area contributed by atoms with Crippen molar-refractivity contribution in [3.63, 3.8) is 0 Å². The number of nitrogens with zero attached hydrogens (tertiary/aromatic N) is 2. The van der Waals surface area contributed by atoms with Gasteiger partial charge in [-0.2, -0.15) is 0 Å². The Hall–Kier alpha value is -2.86. The molecule has 0 bridgehead atoms. The Balaban J connectivity index is 1.51. The lowest BCUT2D eigenvalue weighted by atomic mass is 10.1. The van der Waals surface area contributed by atoms with E-state index in [9.17, 15) is 4.79 Å². The topological polar surface area (TPSA) is 73.0 Å². The van der Waals surface area contributed by atoms with Gasteiger partial charge in [0.05, 0.1) is 18.3 Å². The van der Waals surface area contributed by atoms with Crippen LogP contribution in [0.2, 0.25) is 0 Å². The molecule has 0 unspecified atom stereocenters. The lowest BCUT2D eigenvalue weighted by Crippen LogP contribution is -2.17. The summed E-state index contributed by atoms with van der Waals surface area (Å²) in [5.74, 6) is 0.765. The average Bonchev–Trinajstić information content (AvgIpc) is 3.03. The number of rotatable bonds is 8. The first kappa shape index (κ1) is 17.9. The number of H-pyrrole nitrogens is 1. The molecule has 26 heavy (non-hydrogen) atoms. The van der Waals surface area contributed by atoms with Gasteiger partial charge in [-0.1, -0.05) is 18.2 Å². The molecular formula is C20H25N5O. The van der Waals surface area contributed by atoms with Crippen molar-refractivity contribution in [1.82, 2.24) is 14.9 Å². The molecule has 2 aromatic heterocycles. The molecule has 3 rings (SSSR count). The van der Waals surface area contributed by atoms with Gasteiger partial charge < -0.3 is 20.5 Å². The van der Waals surface area contributed by atoms with Crippen molar-refractivity contribution < 1.29 is 4.79 Å². The molecule has 0 radical (unpaired) electrons. The zero-order valence-electron chi connectivity index (χ0n) is 15.2. The van der Waals surface area contributed by atoms with Gasteiger partial charge >= 0.3 is 0 Å². The molecule has 0 spiro atoms. The molecule has 6 nitrogen and oxygen atoms in total. The number of aromatic nitrogens is 2. The van der Waals surface area contributed by atoms with Crippen LogP contribution in [0.15, 0.2) is 48.8 Å². The number of para-hydroxylation sites is 1. The van der Waals surface area contributed by atoms with Crippen LogP contribution >= 0.6 is 0 Å². The number of hydrogen-bond donors (Lipinski definition) is 3. The molecular weight excluding hydrogens is 326 g/mol. The molecule has 2 heterocycles. The molecule has 0 aliphatic rings. The summed E-state index contributed by atoms with van der Waals surface area (Å²) in [4.78, 5) is 22.0. The molecule has 3 N–H and O–H groups in total. The molecule has 0 saturated carbocycles. The first-order valence-electron chi connectivity index (χ1n) is 8.81. The second kappa shape index (κ2) is 8.49. The molecule has 0 atom stereocenters. The second-order valence-corrected chi connectivity index (χ2v) is 6.60. The third-order valence-electron chi connectivity index (χ3n) is 4.16. The van der Waals surface area contributed by atoms with Crippen LogP contribution in [0.4, 0.5) is 11.5 Å². The molecule has 1 amide bonds. The van der Waals surface area contributed by atoms with Gasteiger partial charge in [0.25, 0.3) is 0 Å². The van der Waals surface area contributed by atoms with Crippen LogP contribution in [0.5, 0.6) is 0 Å². The number of hydrogen-bond acceptors (Lipinski definition) is 4. The standard InChI is InChI=1S/C20H25N5O/c1-25(2)11-5-10-21-19-9-8-16(14-23-19)24-20(26)12-15-13-22-18-7-4-3-6-17(15)18/h3-4,6-9,13-14,22H,5,10-12H2,1-2H3,(H,21,23)(H,24,26). The maximum atomic E-state index is 12.3. The third-order valence-corrected chi connectivity index (χ3v) is 4.16. The summed E-state index contributed by atoms with van der Waals surface area (Å²) in [6.07, 6.45) is 4.96. The van der Waals surface area contributed by atoms with E-state index in [0.29, 0.717) is 12.1 Å². The Bertz CT molecular complexity index is 854. The molecule has 0 aliphatic heterocycles. The van der Waals surface area contributed by atoms with E-state index in [-0.39, 0.29) is 5.91 Å². The van der Waals surface area contributed by atoms with Gasteiger partial charge in [-0.15, -0.1) is 0 Å². The van der Waals surface area contributed by atoms with Crippen LogP contribution in [0, 0.1) is 0 Å². The van der Waals surface area contributed by atoms with Crippen LogP contribution in [-0.4, -0.2) is 48.0 Å². The van der Waals surface area contributed by atoms with Crippen molar-refractivity contribution in [2.75, 3.05) is 37.8 Å². The third kappa shape index (κ3) is 4.83. The molecule has 6 heteroatoms. The Kier molecular flexibility index (Phi) is 5.86. The van der Waals surface area contributed by atoms with Gasteiger partial charge in [-0.25, -0.2) is 4.98 Å². The van der Waals surface area contributed by atoms with Crippen LogP contribution in [0.3, 0.4) is 0 Å². The highest BCUT2D eigenvalue weighted by atomic mass is 16.1. The molecule has 1 aromatic carbocycles. The minimum atomic E-state index is -0.0526. The fraction of sp³-hybridized carbons (Fsp3) is 0.300. The quantitative estimate of drug-likeness (QED) is 0.545. The number of benzene rings is 1. The number of pyridine rings is 1. The van der Waals surface area contributed by atoms with E-state index < -0.39 is 0 Å². The van der Waals surface area contributed by atoms with Crippen molar-refractivity contribution in [1.29, 1.82) is 0 Å². The van der Waals surface area contributed by atoms with Gasteiger partial charge in [0.15, 0.2) is 0 Å². The first-order chi connectivity index (χ1) is 12.6. The molecule has 0 aliphatic carbocycles. The van der Waals surface area contributed by atoms with Crippen LogP contribution in [0.25, 0.3) is 10.9 Å². The summed E-state index contributed by atoms with van der Waals surface area (Å²) in [7, 11) is 4.12. The smallest absolute Gasteiger partial charge is 0.228 e. The number of carbonyl (C=O) groups excluding carboxylic acids is 1. The van der Waals surface area contributed by atoms with E-state index in [4.69, 9.17) is 0 Å². The molecule has 136 valence electrons. The summed E-state index contributed by atoms with van der Waals surface area (Å²) >= 11 is 0. The summed E-state index contributed by atoms with van der Waals surface area (Å²) in [5, 5.41) is 7.27. The predicted octanol–water partition coefficient (Wildman–Crippen LogP) is 3.11. The zero-order chi connectivity index (χ0) is 18.4. The number of aromatic amines is 1. The Labute approximate surface area is 153 Å². The molecule has 3 aromatic rings. The van der Waals surface area contributed by atoms with E-state index in [1.165, 1.54) is 0 Å². The number of amides is 1. The highest BCUT2D eigenvalue weighted by molar-refractivity contribution is 5.95. The lowest BCUT2D eigenvalue weighted by molar-refractivity contribution is -0.115. The maximum Gasteiger partial charge on any atom is 0.228 e. The number of anilines is 2. The Morgan fingerprint density at radius 3 is 2.81 bits per heavy atom. The van der Waals surface area contributed by atoms with Crippen molar-refractivity contribution in [2.45, 2.75) is 12.8 Å². The van der Waals surface area contributed by atoms with E-state index in [2.05, 4.69) is 39.6 Å². The Morgan fingerprint density at radius 2 is 2.04 bits per heavy atom. The van der Waals surface area contributed by atoms with E-state index in [1.54, 1.807) is 6.20 Å². The van der Waals surface area contributed by atoms with Gasteiger partial charge in [-0.3, -0.25) is 4.79 Å².